The Kier molecular flexibility index (Phi) is 9.22. The summed E-state index contributed by atoms with van der Waals surface area (Å²) in [6.45, 7) is 7.65. The Morgan fingerprint density at radius 2 is 1.94 bits per heavy atom. The number of fused-ring (bicyclic) bond motifs is 1. The lowest BCUT2D eigenvalue weighted by Crippen LogP contribution is -2.16. The predicted molar refractivity (Wildman–Crippen MR) is 128 cm³/mol. The number of halogens is 1. The van der Waals surface area contributed by atoms with E-state index in [1.165, 1.54) is 12.3 Å². The highest BCUT2D eigenvalue weighted by Crippen LogP contribution is 2.33. The molecule has 170 valence electrons. The van der Waals surface area contributed by atoms with E-state index in [0.29, 0.717) is 16.7 Å². The first kappa shape index (κ1) is 24.9. The van der Waals surface area contributed by atoms with Crippen molar-refractivity contribution in [2.75, 3.05) is 13.2 Å². The molecule has 32 heavy (non-hydrogen) atoms. The summed E-state index contributed by atoms with van der Waals surface area (Å²) in [4.78, 5) is 13.0. The highest BCUT2D eigenvalue weighted by Gasteiger charge is 2.26. The van der Waals surface area contributed by atoms with Crippen molar-refractivity contribution in [1.29, 1.82) is 0 Å². The highest BCUT2D eigenvalue weighted by atomic mass is 19.1. The first-order valence-corrected chi connectivity index (χ1v) is 10.7. The highest BCUT2D eigenvalue weighted by molar-refractivity contribution is 6.05. The van der Waals surface area contributed by atoms with Crippen molar-refractivity contribution in [3.8, 4) is 0 Å². The van der Waals surface area contributed by atoms with Crippen molar-refractivity contribution < 1.29 is 19.0 Å². The standard InChI is InChI=1S/C24H25FN2O3.C2H6/c1-3-30-24(29)23-22(17(15-28)7-6-12-26)19-8-4-5-9-21(19)27(23)14-18-13-16(2)10-11-20(18)25;1-2/h4-13,28H,3,14-15,26H2,1-2H3;1-2H3/b12-6-,17-7+;. The number of aliphatic hydroxyl groups excluding tert-OH is 1. The molecule has 2 aromatic carbocycles. The van der Waals surface area contributed by atoms with Gasteiger partial charge in [-0.2, -0.15) is 0 Å². The quantitative estimate of drug-likeness (QED) is 0.393. The van der Waals surface area contributed by atoms with Gasteiger partial charge in [0.15, 0.2) is 0 Å². The number of esters is 1. The fourth-order valence-corrected chi connectivity index (χ4v) is 3.59. The van der Waals surface area contributed by atoms with Crippen LogP contribution in [-0.2, 0) is 11.3 Å². The number of hydrogen-bond acceptors (Lipinski definition) is 4. The maximum atomic E-state index is 14.5. The van der Waals surface area contributed by atoms with Crippen LogP contribution in [0.4, 0.5) is 4.39 Å². The zero-order chi connectivity index (χ0) is 23.7. The van der Waals surface area contributed by atoms with Gasteiger partial charge in [0.2, 0.25) is 0 Å². The zero-order valence-corrected chi connectivity index (χ0v) is 19.1. The molecule has 0 atom stereocenters. The molecule has 0 amide bonds. The van der Waals surface area contributed by atoms with Crippen molar-refractivity contribution in [3.05, 3.63) is 89.0 Å². The van der Waals surface area contributed by atoms with Crippen LogP contribution in [0.1, 0.15) is 48.0 Å². The number of benzene rings is 2. The van der Waals surface area contributed by atoms with Crippen LogP contribution in [0.3, 0.4) is 0 Å². The molecule has 1 heterocycles. The first-order valence-electron chi connectivity index (χ1n) is 10.7. The Balaban J connectivity index is 0.00000176. The molecule has 0 saturated heterocycles. The molecule has 0 radical (unpaired) electrons. The summed E-state index contributed by atoms with van der Waals surface area (Å²) in [6, 6.07) is 12.3. The first-order chi connectivity index (χ1) is 15.5. The molecule has 0 aliphatic rings. The number of nitrogens with zero attached hydrogens (tertiary/aromatic N) is 1. The molecule has 0 bridgehead atoms. The second kappa shape index (κ2) is 11.9. The van der Waals surface area contributed by atoms with Gasteiger partial charge in [0.1, 0.15) is 11.5 Å². The number of hydrogen-bond donors (Lipinski definition) is 2. The van der Waals surface area contributed by atoms with Crippen LogP contribution in [0.15, 0.2) is 60.8 Å². The van der Waals surface area contributed by atoms with Gasteiger partial charge in [-0.05, 0) is 43.8 Å². The van der Waals surface area contributed by atoms with Gasteiger partial charge in [-0.1, -0.05) is 55.8 Å². The second-order valence-corrected chi connectivity index (χ2v) is 6.88. The molecule has 0 spiro atoms. The molecular formula is C26H31FN2O3. The minimum Gasteiger partial charge on any atom is -0.461 e. The molecular weight excluding hydrogens is 407 g/mol. The lowest BCUT2D eigenvalue weighted by atomic mass is 10.0. The van der Waals surface area contributed by atoms with Crippen molar-refractivity contribution in [2.45, 2.75) is 34.2 Å². The van der Waals surface area contributed by atoms with Gasteiger partial charge in [-0.3, -0.25) is 0 Å². The third kappa shape index (κ3) is 5.26. The van der Waals surface area contributed by atoms with Gasteiger partial charge in [0, 0.05) is 22.0 Å². The molecule has 3 rings (SSSR count). The summed E-state index contributed by atoms with van der Waals surface area (Å²) in [7, 11) is 0. The van der Waals surface area contributed by atoms with E-state index in [9.17, 15) is 14.3 Å². The van der Waals surface area contributed by atoms with Gasteiger partial charge >= 0.3 is 5.97 Å². The van der Waals surface area contributed by atoms with E-state index in [1.54, 1.807) is 35.8 Å². The minimum absolute atomic E-state index is 0.146. The predicted octanol–water partition coefficient (Wildman–Crippen LogP) is 5.19. The van der Waals surface area contributed by atoms with Gasteiger partial charge in [0.25, 0.3) is 0 Å². The Labute approximate surface area is 188 Å². The Bertz CT molecular complexity index is 1130. The molecule has 6 heteroatoms. The number of nitrogens with two attached hydrogens (primary N) is 1. The zero-order valence-electron chi connectivity index (χ0n) is 19.1. The summed E-state index contributed by atoms with van der Waals surface area (Å²) in [5, 5.41) is 10.8. The van der Waals surface area contributed by atoms with E-state index < -0.39 is 5.97 Å². The number of rotatable bonds is 7. The van der Waals surface area contributed by atoms with Gasteiger partial charge in [-0.15, -0.1) is 0 Å². The molecule has 0 aliphatic carbocycles. The molecule has 3 N–H and O–H groups in total. The molecule has 5 nitrogen and oxygen atoms in total. The van der Waals surface area contributed by atoms with Crippen molar-refractivity contribution in [2.24, 2.45) is 5.73 Å². The van der Waals surface area contributed by atoms with Crippen LogP contribution in [-0.4, -0.2) is 28.9 Å². The van der Waals surface area contributed by atoms with Crippen LogP contribution >= 0.6 is 0 Å². The number of aliphatic hydroxyl groups is 1. The van der Waals surface area contributed by atoms with E-state index in [0.717, 1.165) is 16.5 Å². The van der Waals surface area contributed by atoms with Crippen molar-refractivity contribution in [1.82, 2.24) is 4.57 Å². The average Bonchev–Trinajstić information content (AvgIpc) is 3.13. The van der Waals surface area contributed by atoms with E-state index in [4.69, 9.17) is 10.5 Å². The molecule has 3 aromatic rings. The molecule has 0 saturated carbocycles. The molecule has 0 aliphatic heterocycles. The number of carbonyl (C=O) groups excluding carboxylic acids is 1. The minimum atomic E-state index is -0.534. The fraction of sp³-hybridized carbons (Fsp3) is 0.269. The summed E-state index contributed by atoms with van der Waals surface area (Å²) >= 11 is 0. The van der Waals surface area contributed by atoms with Crippen molar-refractivity contribution in [3.63, 3.8) is 0 Å². The second-order valence-electron chi connectivity index (χ2n) is 6.88. The number of ether oxygens (including phenoxy) is 1. The summed E-state index contributed by atoms with van der Waals surface area (Å²) in [5.74, 6) is -0.883. The number of aromatic nitrogens is 1. The summed E-state index contributed by atoms with van der Waals surface area (Å²) in [5.41, 5.74) is 8.92. The Morgan fingerprint density at radius 3 is 2.59 bits per heavy atom. The normalized spacial score (nSPS) is 11.5. The largest absolute Gasteiger partial charge is 0.461 e. The third-order valence-corrected chi connectivity index (χ3v) is 4.87. The Hall–Kier alpha value is -3.38. The smallest absolute Gasteiger partial charge is 0.355 e. The maximum Gasteiger partial charge on any atom is 0.355 e. The summed E-state index contributed by atoms with van der Waals surface area (Å²) in [6.07, 6.45) is 4.59. The number of carbonyl (C=O) groups is 1. The number of para-hydroxylation sites is 1. The SMILES string of the molecule is CC.CCOC(=O)c1c(/C(=C/C=C\N)CO)c2ccccc2n1Cc1cc(C)ccc1F. The van der Waals surface area contributed by atoms with Crippen LogP contribution in [0, 0.1) is 12.7 Å². The average molecular weight is 439 g/mol. The van der Waals surface area contributed by atoms with Crippen molar-refractivity contribution >= 4 is 22.4 Å². The molecule has 1 aromatic heterocycles. The van der Waals surface area contributed by atoms with E-state index in [-0.39, 0.29) is 31.3 Å². The Morgan fingerprint density at radius 1 is 1.22 bits per heavy atom. The molecule has 0 fully saturated rings. The van der Waals surface area contributed by atoms with Gasteiger partial charge in [-0.25, -0.2) is 9.18 Å². The van der Waals surface area contributed by atoms with Crippen LogP contribution in [0.25, 0.3) is 16.5 Å². The number of allylic oxidation sites excluding steroid dienone is 2. The van der Waals surface area contributed by atoms with E-state index >= 15 is 0 Å². The lowest BCUT2D eigenvalue weighted by Gasteiger charge is -2.13. The lowest BCUT2D eigenvalue weighted by molar-refractivity contribution is 0.0514. The van der Waals surface area contributed by atoms with E-state index in [2.05, 4.69) is 0 Å². The number of aryl methyl sites for hydroxylation is 1. The summed E-state index contributed by atoms with van der Waals surface area (Å²) < 4.78 is 21.6. The monoisotopic (exact) mass is 438 g/mol. The van der Waals surface area contributed by atoms with Crippen LogP contribution < -0.4 is 5.73 Å². The van der Waals surface area contributed by atoms with Crippen LogP contribution in [0.5, 0.6) is 0 Å². The van der Waals surface area contributed by atoms with Gasteiger partial charge in [0.05, 0.1) is 19.8 Å². The van der Waals surface area contributed by atoms with E-state index in [1.807, 2.05) is 45.0 Å². The van der Waals surface area contributed by atoms with Crippen LogP contribution in [0.2, 0.25) is 0 Å². The third-order valence-electron chi connectivity index (χ3n) is 4.87. The molecule has 0 unspecified atom stereocenters. The van der Waals surface area contributed by atoms with Gasteiger partial charge < -0.3 is 20.1 Å². The topological polar surface area (TPSA) is 77.5 Å². The maximum absolute atomic E-state index is 14.5. The fourth-order valence-electron chi connectivity index (χ4n) is 3.59.